The topological polar surface area (TPSA) is 65.2 Å². The SMILES string of the molecule is O=C(Cc1nc(CC2CCCCO2)no1)C1CCCC1. The standard InChI is InChI=1S/C15H22N2O3/c18-13(11-5-1-2-6-11)10-15-16-14(17-20-15)9-12-7-3-4-8-19-12/h11-12H,1-10H2. The third-order valence-corrected chi connectivity index (χ3v) is 4.33. The summed E-state index contributed by atoms with van der Waals surface area (Å²) in [4.78, 5) is 16.4. The Morgan fingerprint density at radius 1 is 1.15 bits per heavy atom. The summed E-state index contributed by atoms with van der Waals surface area (Å²) in [7, 11) is 0. The predicted octanol–water partition coefficient (Wildman–Crippen LogP) is 2.48. The Labute approximate surface area is 119 Å². The summed E-state index contributed by atoms with van der Waals surface area (Å²) < 4.78 is 10.9. The molecule has 0 radical (unpaired) electrons. The second-order valence-electron chi connectivity index (χ2n) is 5.92. The Bertz CT molecular complexity index is 446. The number of ketones is 1. The summed E-state index contributed by atoms with van der Waals surface area (Å²) in [6, 6.07) is 0. The maximum atomic E-state index is 12.1. The normalized spacial score (nSPS) is 24.1. The Kier molecular flexibility index (Phi) is 4.45. The van der Waals surface area contributed by atoms with Crippen LogP contribution in [0.2, 0.25) is 0 Å². The smallest absolute Gasteiger partial charge is 0.234 e. The number of carbonyl (C=O) groups is 1. The fourth-order valence-electron chi connectivity index (χ4n) is 3.16. The minimum Gasteiger partial charge on any atom is -0.378 e. The molecule has 3 rings (SSSR count). The number of nitrogens with zero attached hydrogens (tertiary/aromatic N) is 2. The monoisotopic (exact) mass is 278 g/mol. The van der Waals surface area contributed by atoms with E-state index in [1.165, 1.54) is 19.3 Å². The molecule has 2 heterocycles. The van der Waals surface area contributed by atoms with Crippen molar-refractivity contribution in [1.82, 2.24) is 10.1 Å². The van der Waals surface area contributed by atoms with Gasteiger partial charge in [-0.15, -0.1) is 0 Å². The first-order valence-electron chi connectivity index (χ1n) is 7.77. The zero-order valence-electron chi connectivity index (χ0n) is 11.8. The lowest BCUT2D eigenvalue weighted by Gasteiger charge is -2.20. The number of aromatic nitrogens is 2. The fraction of sp³-hybridized carbons (Fsp3) is 0.800. The lowest BCUT2D eigenvalue weighted by atomic mass is 10.0. The summed E-state index contributed by atoms with van der Waals surface area (Å²) in [5.74, 6) is 1.61. The van der Waals surface area contributed by atoms with E-state index in [0.717, 1.165) is 32.3 Å². The molecule has 5 nitrogen and oxygen atoms in total. The van der Waals surface area contributed by atoms with Crippen LogP contribution >= 0.6 is 0 Å². The van der Waals surface area contributed by atoms with E-state index in [0.29, 0.717) is 24.6 Å². The first kappa shape index (κ1) is 13.7. The summed E-state index contributed by atoms with van der Waals surface area (Å²) in [5, 5.41) is 3.97. The Morgan fingerprint density at radius 3 is 2.70 bits per heavy atom. The molecular formula is C15H22N2O3. The van der Waals surface area contributed by atoms with Gasteiger partial charge < -0.3 is 9.26 Å². The average Bonchev–Trinajstić information content (AvgIpc) is 3.11. The second kappa shape index (κ2) is 6.48. The average molecular weight is 278 g/mol. The number of Topliss-reactive ketones (excluding diaryl/α,β-unsaturated/α-hetero) is 1. The number of hydrogen-bond donors (Lipinski definition) is 0. The van der Waals surface area contributed by atoms with Crippen LogP contribution in [0.5, 0.6) is 0 Å². The summed E-state index contributed by atoms with van der Waals surface area (Å²) in [5.41, 5.74) is 0. The summed E-state index contributed by atoms with van der Waals surface area (Å²) in [6.07, 6.45) is 8.99. The van der Waals surface area contributed by atoms with Crippen LogP contribution in [0, 0.1) is 5.92 Å². The van der Waals surface area contributed by atoms with Crippen molar-refractivity contribution >= 4 is 5.78 Å². The van der Waals surface area contributed by atoms with Gasteiger partial charge in [-0.2, -0.15) is 4.98 Å². The van der Waals surface area contributed by atoms with Crippen molar-refractivity contribution in [2.75, 3.05) is 6.61 Å². The molecule has 110 valence electrons. The lowest BCUT2D eigenvalue weighted by molar-refractivity contribution is -0.122. The van der Waals surface area contributed by atoms with E-state index in [4.69, 9.17) is 9.26 Å². The highest BCUT2D eigenvalue weighted by Gasteiger charge is 2.25. The van der Waals surface area contributed by atoms with Crippen molar-refractivity contribution in [3.63, 3.8) is 0 Å². The molecule has 1 aromatic heterocycles. The van der Waals surface area contributed by atoms with E-state index in [-0.39, 0.29) is 17.8 Å². The molecule has 1 saturated heterocycles. The van der Waals surface area contributed by atoms with Crippen molar-refractivity contribution in [2.24, 2.45) is 5.92 Å². The van der Waals surface area contributed by atoms with Crippen molar-refractivity contribution < 1.29 is 14.1 Å². The first-order chi connectivity index (χ1) is 9.81. The molecule has 0 amide bonds. The molecule has 0 bridgehead atoms. The molecule has 20 heavy (non-hydrogen) atoms. The predicted molar refractivity (Wildman–Crippen MR) is 72.3 cm³/mol. The van der Waals surface area contributed by atoms with Gasteiger partial charge in [0.1, 0.15) is 5.78 Å². The minimum atomic E-state index is 0.208. The molecule has 1 aliphatic heterocycles. The molecule has 5 heteroatoms. The van der Waals surface area contributed by atoms with Crippen LogP contribution < -0.4 is 0 Å². The van der Waals surface area contributed by atoms with Crippen LogP contribution in [-0.2, 0) is 22.4 Å². The van der Waals surface area contributed by atoms with Crippen molar-refractivity contribution in [2.45, 2.75) is 63.9 Å². The Balaban J connectivity index is 1.52. The van der Waals surface area contributed by atoms with Crippen LogP contribution in [0.4, 0.5) is 0 Å². The largest absolute Gasteiger partial charge is 0.378 e. The van der Waals surface area contributed by atoms with Crippen LogP contribution in [0.1, 0.15) is 56.7 Å². The molecular weight excluding hydrogens is 256 g/mol. The summed E-state index contributed by atoms with van der Waals surface area (Å²) >= 11 is 0. The van der Waals surface area contributed by atoms with Crippen LogP contribution in [0.25, 0.3) is 0 Å². The van der Waals surface area contributed by atoms with Crippen LogP contribution in [-0.4, -0.2) is 28.6 Å². The molecule has 0 N–H and O–H groups in total. The summed E-state index contributed by atoms with van der Waals surface area (Å²) in [6.45, 7) is 0.829. The van der Waals surface area contributed by atoms with Gasteiger partial charge >= 0.3 is 0 Å². The van der Waals surface area contributed by atoms with Crippen molar-refractivity contribution in [1.29, 1.82) is 0 Å². The molecule has 1 atom stereocenters. The van der Waals surface area contributed by atoms with E-state index >= 15 is 0 Å². The van der Waals surface area contributed by atoms with E-state index in [1.807, 2.05) is 0 Å². The molecule has 1 aliphatic carbocycles. The minimum absolute atomic E-state index is 0.208. The highest BCUT2D eigenvalue weighted by molar-refractivity contribution is 5.82. The maximum Gasteiger partial charge on any atom is 0.234 e. The number of ether oxygens (including phenoxy) is 1. The molecule has 2 fully saturated rings. The lowest BCUT2D eigenvalue weighted by Crippen LogP contribution is -2.21. The van der Waals surface area contributed by atoms with Gasteiger partial charge in [-0.3, -0.25) is 4.79 Å². The van der Waals surface area contributed by atoms with Gasteiger partial charge in [-0.25, -0.2) is 0 Å². The zero-order valence-corrected chi connectivity index (χ0v) is 11.8. The van der Waals surface area contributed by atoms with Gasteiger partial charge in [0, 0.05) is 18.9 Å². The molecule has 2 aliphatic rings. The van der Waals surface area contributed by atoms with Crippen molar-refractivity contribution in [3.8, 4) is 0 Å². The second-order valence-corrected chi connectivity index (χ2v) is 5.92. The van der Waals surface area contributed by atoms with Gasteiger partial charge in [0.2, 0.25) is 5.89 Å². The van der Waals surface area contributed by atoms with Gasteiger partial charge in [-0.05, 0) is 32.1 Å². The fourth-order valence-corrected chi connectivity index (χ4v) is 3.16. The third-order valence-electron chi connectivity index (χ3n) is 4.33. The van der Waals surface area contributed by atoms with Gasteiger partial charge in [-0.1, -0.05) is 18.0 Å². The van der Waals surface area contributed by atoms with Crippen LogP contribution in [0.15, 0.2) is 4.52 Å². The van der Waals surface area contributed by atoms with Gasteiger partial charge in [0.15, 0.2) is 5.82 Å². The van der Waals surface area contributed by atoms with Crippen LogP contribution in [0.3, 0.4) is 0 Å². The van der Waals surface area contributed by atoms with E-state index in [1.54, 1.807) is 0 Å². The van der Waals surface area contributed by atoms with E-state index < -0.39 is 0 Å². The first-order valence-corrected chi connectivity index (χ1v) is 7.77. The highest BCUT2D eigenvalue weighted by atomic mass is 16.5. The Morgan fingerprint density at radius 2 is 1.95 bits per heavy atom. The highest BCUT2D eigenvalue weighted by Crippen LogP contribution is 2.26. The maximum absolute atomic E-state index is 12.1. The number of hydrogen-bond acceptors (Lipinski definition) is 5. The zero-order chi connectivity index (χ0) is 13.8. The molecule has 1 aromatic rings. The van der Waals surface area contributed by atoms with E-state index in [9.17, 15) is 4.79 Å². The molecule has 1 unspecified atom stereocenters. The molecule has 1 saturated carbocycles. The quantitative estimate of drug-likeness (QED) is 0.828. The van der Waals surface area contributed by atoms with Gasteiger partial charge in [0.25, 0.3) is 0 Å². The molecule has 0 spiro atoms. The number of carbonyl (C=O) groups excluding carboxylic acids is 1. The molecule has 0 aromatic carbocycles. The Hall–Kier alpha value is -1.23. The van der Waals surface area contributed by atoms with Crippen molar-refractivity contribution in [3.05, 3.63) is 11.7 Å². The number of rotatable bonds is 5. The van der Waals surface area contributed by atoms with Gasteiger partial charge in [0.05, 0.1) is 12.5 Å². The van der Waals surface area contributed by atoms with E-state index in [2.05, 4.69) is 10.1 Å². The third kappa shape index (κ3) is 3.45.